The van der Waals surface area contributed by atoms with Crippen molar-refractivity contribution in [1.29, 1.82) is 0 Å². The first-order chi connectivity index (χ1) is 10.5. The van der Waals surface area contributed by atoms with Gasteiger partial charge in [0.2, 0.25) is 5.91 Å². The fraction of sp³-hybridized carbons (Fsp3) is 0.556. The lowest BCUT2D eigenvalue weighted by Crippen LogP contribution is -2.62. The molecule has 1 aliphatic carbocycles. The van der Waals surface area contributed by atoms with E-state index in [-0.39, 0.29) is 17.7 Å². The Morgan fingerprint density at radius 3 is 2.64 bits per heavy atom. The molecule has 0 bridgehead atoms. The van der Waals surface area contributed by atoms with Crippen LogP contribution in [0.1, 0.15) is 25.3 Å². The quantitative estimate of drug-likeness (QED) is 0.845. The molecule has 1 amide bonds. The molecule has 1 saturated carbocycles. The van der Waals surface area contributed by atoms with Gasteiger partial charge in [-0.3, -0.25) is 4.79 Å². The fourth-order valence-electron chi connectivity index (χ4n) is 4.57. The third-order valence-corrected chi connectivity index (χ3v) is 5.77. The minimum atomic E-state index is -0.682. The van der Waals surface area contributed by atoms with Crippen LogP contribution in [0.5, 0.6) is 0 Å². The van der Waals surface area contributed by atoms with Crippen LogP contribution in [0.25, 0.3) is 0 Å². The second-order valence-electron chi connectivity index (χ2n) is 6.81. The number of hydrogen-bond acceptors (Lipinski definition) is 3. The fourth-order valence-corrected chi connectivity index (χ4v) is 4.57. The summed E-state index contributed by atoms with van der Waals surface area (Å²) in [4.78, 5) is 26.4. The molecule has 2 aliphatic rings. The maximum absolute atomic E-state index is 13.1. The lowest BCUT2D eigenvalue weighted by molar-refractivity contribution is -0.155. The van der Waals surface area contributed by atoms with Crippen molar-refractivity contribution in [2.24, 2.45) is 17.8 Å². The number of fused-ring (bicyclic) bond motifs is 1. The first kappa shape index (κ1) is 15.2. The number of aliphatic hydroxyl groups excluding tert-OH is 1. The summed E-state index contributed by atoms with van der Waals surface area (Å²) in [5, 5.41) is 10.4. The Morgan fingerprint density at radius 2 is 2.00 bits per heavy atom. The van der Waals surface area contributed by atoms with Crippen molar-refractivity contribution in [3.63, 3.8) is 0 Å². The van der Waals surface area contributed by atoms with Crippen LogP contribution >= 0.6 is 0 Å². The van der Waals surface area contributed by atoms with Crippen molar-refractivity contribution in [2.75, 3.05) is 13.6 Å². The van der Waals surface area contributed by atoms with Gasteiger partial charge < -0.3 is 14.8 Å². The molecule has 0 spiro atoms. The summed E-state index contributed by atoms with van der Waals surface area (Å²) in [6, 6.07) is 9.78. The molecule has 2 unspecified atom stereocenters. The smallest absolute Gasteiger partial charge is 0.233 e. The summed E-state index contributed by atoms with van der Waals surface area (Å²) < 4.78 is 0. The van der Waals surface area contributed by atoms with Crippen LogP contribution in [-0.4, -0.2) is 41.9 Å². The van der Waals surface area contributed by atoms with Gasteiger partial charge in [-0.15, -0.1) is 0 Å². The third kappa shape index (κ3) is 2.01. The van der Waals surface area contributed by atoms with Gasteiger partial charge in [0.25, 0.3) is 0 Å². The zero-order valence-electron chi connectivity index (χ0n) is 13.1. The molecule has 2 fully saturated rings. The number of benzene rings is 1. The lowest BCUT2D eigenvalue weighted by atomic mass is 9.53. The van der Waals surface area contributed by atoms with E-state index in [0.29, 0.717) is 13.0 Å². The van der Waals surface area contributed by atoms with Crippen molar-refractivity contribution < 1.29 is 14.7 Å². The first-order valence-electron chi connectivity index (χ1n) is 7.97. The molecule has 5 atom stereocenters. The number of nitrogens with zero attached hydrogens (tertiary/aromatic N) is 1. The Bertz CT molecular complexity index is 573. The van der Waals surface area contributed by atoms with Gasteiger partial charge >= 0.3 is 0 Å². The predicted molar refractivity (Wildman–Crippen MR) is 83.2 cm³/mol. The third-order valence-electron chi connectivity index (χ3n) is 5.77. The molecule has 0 radical (unpaired) electrons. The van der Waals surface area contributed by atoms with E-state index in [2.05, 4.69) is 0 Å². The summed E-state index contributed by atoms with van der Waals surface area (Å²) in [6.45, 7) is 2.68. The molecule has 1 aromatic rings. The number of aliphatic hydroxyl groups is 1. The summed E-state index contributed by atoms with van der Waals surface area (Å²) >= 11 is 0. The van der Waals surface area contributed by atoms with Crippen molar-refractivity contribution in [2.45, 2.75) is 31.3 Å². The molecule has 1 heterocycles. The van der Waals surface area contributed by atoms with Crippen molar-refractivity contribution >= 4 is 12.2 Å². The molecule has 22 heavy (non-hydrogen) atoms. The van der Waals surface area contributed by atoms with E-state index in [4.69, 9.17) is 0 Å². The highest BCUT2D eigenvalue weighted by Gasteiger charge is 2.58. The van der Waals surface area contributed by atoms with E-state index < -0.39 is 17.4 Å². The largest absolute Gasteiger partial charge is 0.392 e. The van der Waals surface area contributed by atoms with Crippen molar-refractivity contribution in [3.05, 3.63) is 35.9 Å². The second kappa shape index (κ2) is 5.51. The number of piperidine rings is 1. The standard InChI is InChI=1S/C18H23NO3/c1-12-15-8-9-19(2)17(22)18(15,10-13(11-20)16(12)21)14-6-4-3-5-7-14/h3-7,11-13,15-16,21H,8-10H2,1-2H3/t12-,13?,15-,16?,18+/m0/s1. The van der Waals surface area contributed by atoms with Crippen molar-refractivity contribution in [1.82, 2.24) is 4.90 Å². The number of carbonyl (C=O) groups excluding carboxylic acids is 2. The van der Waals surface area contributed by atoms with Crippen LogP contribution in [0.2, 0.25) is 0 Å². The maximum Gasteiger partial charge on any atom is 0.233 e. The Morgan fingerprint density at radius 1 is 1.32 bits per heavy atom. The van der Waals surface area contributed by atoms with Crippen LogP contribution in [0.4, 0.5) is 0 Å². The number of likely N-dealkylation sites (tertiary alicyclic amines) is 1. The minimum Gasteiger partial charge on any atom is -0.392 e. The SMILES string of the molecule is C[C@@H]1C(O)C(C=O)C[C@]2(c3ccccc3)C(=O)N(C)CC[C@@H]12. The van der Waals surface area contributed by atoms with Gasteiger partial charge in [0, 0.05) is 19.5 Å². The summed E-state index contributed by atoms with van der Waals surface area (Å²) in [7, 11) is 1.83. The number of hydrogen-bond donors (Lipinski definition) is 1. The average molecular weight is 301 g/mol. The van der Waals surface area contributed by atoms with Crippen LogP contribution < -0.4 is 0 Å². The molecule has 118 valence electrons. The van der Waals surface area contributed by atoms with Gasteiger partial charge in [0.05, 0.1) is 11.5 Å². The number of amides is 1. The second-order valence-corrected chi connectivity index (χ2v) is 6.81. The van der Waals surface area contributed by atoms with Crippen LogP contribution in [0.15, 0.2) is 30.3 Å². The molecule has 1 N–H and O–H groups in total. The highest BCUT2D eigenvalue weighted by Crippen LogP contribution is 2.52. The van der Waals surface area contributed by atoms with Gasteiger partial charge in [-0.2, -0.15) is 0 Å². The van der Waals surface area contributed by atoms with Gasteiger partial charge in [-0.05, 0) is 30.2 Å². The molecule has 4 nitrogen and oxygen atoms in total. The highest BCUT2D eigenvalue weighted by molar-refractivity contribution is 5.90. The Balaban J connectivity index is 2.16. The molecule has 4 heteroatoms. The van der Waals surface area contributed by atoms with E-state index >= 15 is 0 Å². The normalized spacial score (nSPS) is 38.5. The summed E-state index contributed by atoms with van der Waals surface area (Å²) in [5.41, 5.74) is 0.292. The lowest BCUT2D eigenvalue weighted by Gasteiger charge is -2.54. The van der Waals surface area contributed by atoms with Gasteiger partial charge in [0.15, 0.2) is 0 Å². The molecule has 1 aliphatic heterocycles. The zero-order valence-corrected chi connectivity index (χ0v) is 13.1. The van der Waals surface area contributed by atoms with E-state index in [1.54, 1.807) is 4.90 Å². The molecule has 3 rings (SSSR count). The predicted octanol–water partition coefficient (Wildman–Crippen LogP) is 1.62. The van der Waals surface area contributed by atoms with Crippen molar-refractivity contribution in [3.8, 4) is 0 Å². The van der Waals surface area contributed by atoms with E-state index in [9.17, 15) is 14.7 Å². The number of aldehydes is 1. The topological polar surface area (TPSA) is 57.6 Å². The Kier molecular flexibility index (Phi) is 3.81. The Hall–Kier alpha value is -1.68. The zero-order chi connectivity index (χ0) is 15.9. The van der Waals surface area contributed by atoms with E-state index in [1.165, 1.54) is 0 Å². The molecule has 1 aromatic carbocycles. The van der Waals surface area contributed by atoms with Gasteiger partial charge in [0.1, 0.15) is 6.29 Å². The highest BCUT2D eigenvalue weighted by atomic mass is 16.3. The maximum atomic E-state index is 13.1. The van der Waals surface area contributed by atoms with E-state index in [0.717, 1.165) is 18.3 Å². The number of likely N-dealkylation sites (N-methyl/N-ethyl adjacent to an activating group) is 1. The van der Waals surface area contributed by atoms with Gasteiger partial charge in [-0.1, -0.05) is 37.3 Å². The summed E-state index contributed by atoms with van der Waals surface area (Å²) in [5.74, 6) is -0.394. The van der Waals surface area contributed by atoms with Crippen LogP contribution in [0.3, 0.4) is 0 Å². The average Bonchev–Trinajstić information content (AvgIpc) is 2.55. The summed E-state index contributed by atoms with van der Waals surface area (Å²) in [6.07, 6.45) is 1.43. The monoisotopic (exact) mass is 301 g/mol. The number of rotatable bonds is 2. The first-order valence-corrected chi connectivity index (χ1v) is 7.97. The molecular formula is C18H23NO3. The Labute approximate surface area is 131 Å². The molecule has 0 aromatic heterocycles. The van der Waals surface area contributed by atoms with E-state index in [1.807, 2.05) is 44.3 Å². The van der Waals surface area contributed by atoms with Gasteiger partial charge in [-0.25, -0.2) is 0 Å². The van der Waals surface area contributed by atoms with Crippen LogP contribution in [-0.2, 0) is 15.0 Å². The minimum absolute atomic E-state index is 0.0678. The molecular weight excluding hydrogens is 278 g/mol. The number of carbonyl (C=O) groups is 2. The van der Waals surface area contributed by atoms with Crippen LogP contribution in [0, 0.1) is 17.8 Å². The molecule has 1 saturated heterocycles.